The molecular weight excluding hydrogens is 200 g/mol. The van der Waals surface area contributed by atoms with Crippen molar-refractivity contribution in [3.63, 3.8) is 0 Å². The van der Waals surface area contributed by atoms with Crippen LogP contribution < -0.4 is 0 Å². The van der Waals surface area contributed by atoms with Crippen LogP contribution in [0.25, 0.3) is 0 Å². The van der Waals surface area contributed by atoms with Crippen LogP contribution >= 0.6 is 0 Å². The summed E-state index contributed by atoms with van der Waals surface area (Å²) in [6.45, 7) is 0.915. The van der Waals surface area contributed by atoms with Gasteiger partial charge in [-0.1, -0.05) is 0 Å². The molecule has 5 nitrogen and oxygen atoms in total. The minimum absolute atomic E-state index is 0.0376. The number of hydrogen-bond donors (Lipinski definition) is 2. The van der Waals surface area contributed by atoms with E-state index in [9.17, 15) is 9.59 Å². The van der Waals surface area contributed by atoms with E-state index in [0.29, 0.717) is 38.9 Å². The first-order valence-electron chi connectivity index (χ1n) is 5.10. The van der Waals surface area contributed by atoms with E-state index in [-0.39, 0.29) is 6.42 Å². The Labute approximate surface area is 88.0 Å². The summed E-state index contributed by atoms with van der Waals surface area (Å²) in [4.78, 5) is 21.5. The smallest absolute Gasteiger partial charge is 0.309 e. The summed E-state index contributed by atoms with van der Waals surface area (Å²) in [5.41, 5.74) is -0.756. The van der Waals surface area contributed by atoms with Crippen molar-refractivity contribution in [1.29, 1.82) is 0 Å². The topological polar surface area (TPSA) is 83.8 Å². The predicted molar refractivity (Wildman–Crippen MR) is 51.6 cm³/mol. The molecule has 1 heterocycles. The lowest BCUT2D eigenvalue weighted by molar-refractivity contribution is -0.156. The Morgan fingerprint density at radius 1 is 1.20 bits per heavy atom. The summed E-state index contributed by atoms with van der Waals surface area (Å²) in [5, 5.41) is 17.6. The molecule has 0 amide bonds. The quantitative estimate of drug-likeness (QED) is 0.719. The molecule has 1 aliphatic heterocycles. The number of aliphatic carboxylic acids is 2. The van der Waals surface area contributed by atoms with E-state index in [1.165, 1.54) is 0 Å². The average Bonchev–Trinajstić information content (AvgIpc) is 2.18. The van der Waals surface area contributed by atoms with Gasteiger partial charge in [-0.25, -0.2) is 0 Å². The molecule has 1 rings (SSSR count). The second-order valence-corrected chi connectivity index (χ2v) is 3.95. The van der Waals surface area contributed by atoms with Crippen molar-refractivity contribution in [2.24, 2.45) is 5.41 Å². The summed E-state index contributed by atoms with van der Waals surface area (Å²) in [5.74, 6) is -1.70. The van der Waals surface area contributed by atoms with Crippen LogP contribution in [0.5, 0.6) is 0 Å². The van der Waals surface area contributed by atoms with Gasteiger partial charge in [0, 0.05) is 19.6 Å². The van der Waals surface area contributed by atoms with Gasteiger partial charge in [0.05, 0.1) is 5.41 Å². The highest BCUT2D eigenvalue weighted by Gasteiger charge is 2.39. The molecule has 0 unspecified atom stereocenters. The maximum Gasteiger partial charge on any atom is 0.309 e. The number of ether oxygens (including phenoxy) is 1. The van der Waals surface area contributed by atoms with Crippen molar-refractivity contribution in [3.05, 3.63) is 0 Å². The van der Waals surface area contributed by atoms with Gasteiger partial charge in [0.2, 0.25) is 0 Å². The van der Waals surface area contributed by atoms with E-state index >= 15 is 0 Å². The second kappa shape index (κ2) is 5.11. The number of rotatable bonds is 5. The van der Waals surface area contributed by atoms with Crippen LogP contribution in [0.1, 0.15) is 32.1 Å². The van der Waals surface area contributed by atoms with Gasteiger partial charge < -0.3 is 14.9 Å². The minimum Gasteiger partial charge on any atom is -0.481 e. The van der Waals surface area contributed by atoms with Crippen LogP contribution in [0.4, 0.5) is 0 Å². The van der Waals surface area contributed by atoms with Crippen molar-refractivity contribution in [2.75, 3.05) is 13.2 Å². The zero-order chi connectivity index (χ0) is 11.3. The molecule has 0 spiro atoms. The van der Waals surface area contributed by atoms with E-state index in [2.05, 4.69) is 0 Å². The molecule has 0 aromatic carbocycles. The van der Waals surface area contributed by atoms with E-state index in [1.807, 2.05) is 0 Å². The van der Waals surface area contributed by atoms with Gasteiger partial charge in [-0.3, -0.25) is 9.59 Å². The van der Waals surface area contributed by atoms with Crippen molar-refractivity contribution >= 4 is 11.9 Å². The summed E-state index contributed by atoms with van der Waals surface area (Å²) >= 11 is 0. The molecule has 1 saturated heterocycles. The normalized spacial score (nSPS) is 19.7. The second-order valence-electron chi connectivity index (χ2n) is 3.95. The summed E-state index contributed by atoms with van der Waals surface area (Å²) in [6, 6.07) is 0. The first kappa shape index (κ1) is 12.0. The highest BCUT2D eigenvalue weighted by atomic mass is 16.5. The molecule has 15 heavy (non-hydrogen) atoms. The maximum absolute atomic E-state index is 11.1. The largest absolute Gasteiger partial charge is 0.481 e. The van der Waals surface area contributed by atoms with Crippen molar-refractivity contribution in [3.8, 4) is 0 Å². The summed E-state index contributed by atoms with van der Waals surface area (Å²) in [6.07, 6.45) is 1.86. The Hall–Kier alpha value is -1.10. The van der Waals surface area contributed by atoms with Gasteiger partial charge in [-0.2, -0.15) is 0 Å². The zero-order valence-corrected chi connectivity index (χ0v) is 8.57. The van der Waals surface area contributed by atoms with Gasteiger partial charge in [0.25, 0.3) is 0 Å². The minimum atomic E-state index is -0.873. The fourth-order valence-corrected chi connectivity index (χ4v) is 1.91. The van der Waals surface area contributed by atoms with E-state index in [4.69, 9.17) is 14.9 Å². The third-order valence-corrected chi connectivity index (χ3v) is 2.95. The molecule has 0 saturated carbocycles. The predicted octanol–water partition coefficient (Wildman–Crippen LogP) is 1.12. The van der Waals surface area contributed by atoms with Gasteiger partial charge in [0.15, 0.2) is 0 Å². The Kier molecular flexibility index (Phi) is 4.08. The van der Waals surface area contributed by atoms with Crippen LogP contribution in [0.3, 0.4) is 0 Å². The van der Waals surface area contributed by atoms with Gasteiger partial charge in [0.1, 0.15) is 0 Å². The average molecular weight is 216 g/mol. The molecule has 1 aliphatic rings. The SMILES string of the molecule is O=C(O)CCCC1(C(=O)O)CCOCC1. The van der Waals surface area contributed by atoms with Crippen LogP contribution in [0.15, 0.2) is 0 Å². The number of carboxylic acid groups (broad SMARTS) is 2. The van der Waals surface area contributed by atoms with Crippen LogP contribution in [-0.2, 0) is 14.3 Å². The number of carboxylic acids is 2. The standard InChI is InChI=1S/C10H16O5/c11-8(12)2-1-3-10(9(13)14)4-6-15-7-5-10/h1-7H2,(H,11,12)(H,13,14). The highest BCUT2D eigenvalue weighted by molar-refractivity contribution is 5.75. The van der Waals surface area contributed by atoms with Gasteiger partial charge in [-0.15, -0.1) is 0 Å². The molecule has 0 bridgehead atoms. The molecule has 0 aromatic rings. The molecule has 1 fully saturated rings. The lowest BCUT2D eigenvalue weighted by Gasteiger charge is -2.32. The Bertz CT molecular complexity index is 242. The van der Waals surface area contributed by atoms with Crippen LogP contribution in [0.2, 0.25) is 0 Å². The van der Waals surface area contributed by atoms with Gasteiger partial charge >= 0.3 is 11.9 Å². The molecule has 5 heteroatoms. The van der Waals surface area contributed by atoms with E-state index < -0.39 is 17.4 Å². The van der Waals surface area contributed by atoms with Gasteiger partial charge in [-0.05, 0) is 25.7 Å². The molecule has 0 atom stereocenters. The third-order valence-electron chi connectivity index (χ3n) is 2.95. The molecular formula is C10H16O5. The molecule has 0 radical (unpaired) electrons. The summed E-state index contributed by atoms with van der Waals surface area (Å²) < 4.78 is 5.12. The van der Waals surface area contributed by atoms with Crippen LogP contribution in [0, 0.1) is 5.41 Å². The molecule has 0 aliphatic carbocycles. The van der Waals surface area contributed by atoms with Crippen molar-refractivity contribution in [2.45, 2.75) is 32.1 Å². The molecule has 2 N–H and O–H groups in total. The maximum atomic E-state index is 11.1. The lowest BCUT2D eigenvalue weighted by atomic mass is 9.76. The van der Waals surface area contributed by atoms with E-state index in [0.717, 1.165) is 0 Å². The first-order valence-corrected chi connectivity index (χ1v) is 5.10. The number of hydrogen-bond acceptors (Lipinski definition) is 3. The fourth-order valence-electron chi connectivity index (χ4n) is 1.91. The molecule has 0 aromatic heterocycles. The van der Waals surface area contributed by atoms with Crippen LogP contribution in [-0.4, -0.2) is 35.4 Å². The molecule has 86 valence electrons. The third kappa shape index (κ3) is 3.20. The fraction of sp³-hybridized carbons (Fsp3) is 0.800. The monoisotopic (exact) mass is 216 g/mol. The first-order chi connectivity index (χ1) is 7.07. The highest BCUT2D eigenvalue weighted by Crippen LogP contribution is 2.36. The van der Waals surface area contributed by atoms with Crippen molar-refractivity contribution < 1.29 is 24.5 Å². The summed E-state index contributed by atoms with van der Waals surface area (Å²) in [7, 11) is 0. The van der Waals surface area contributed by atoms with E-state index in [1.54, 1.807) is 0 Å². The Morgan fingerprint density at radius 2 is 1.80 bits per heavy atom. The Morgan fingerprint density at radius 3 is 2.27 bits per heavy atom. The lowest BCUT2D eigenvalue weighted by Crippen LogP contribution is -2.37. The zero-order valence-electron chi connectivity index (χ0n) is 8.57. The Balaban J connectivity index is 2.49. The number of carbonyl (C=O) groups is 2. The van der Waals surface area contributed by atoms with Crippen molar-refractivity contribution in [1.82, 2.24) is 0 Å².